The molecule has 0 aliphatic rings. The molecule has 0 spiro atoms. The molecule has 4 nitrogen and oxygen atoms in total. The Morgan fingerprint density at radius 2 is 1.96 bits per heavy atom. The molecule has 0 atom stereocenters. The van der Waals surface area contributed by atoms with Gasteiger partial charge >= 0.3 is 6.18 Å². The molecular formula is C15H8F3N3OS. The molecular weight excluding hydrogens is 327 g/mol. The number of fused-ring (bicyclic) bond motifs is 3. The molecule has 0 aliphatic heterocycles. The van der Waals surface area contributed by atoms with Crippen LogP contribution in [0.5, 0.6) is 0 Å². The van der Waals surface area contributed by atoms with E-state index in [1.54, 1.807) is 28.9 Å². The predicted molar refractivity (Wildman–Crippen MR) is 80.6 cm³/mol. The summed E-state index contributed by atoms with van der Waals surface area (Å²) < 4.78 is 46.3. The molecule has 0 radical (unpaired) electrons. The van der Waals surface area contributed by atoms with Gasteiger partial charge in [0.2, 0.25) is 0 Å². The van der Waals surface area contributed by atoms with Gasteiger partial charge in [0.25, 0.3) is 0 Å². The molecule has 0 saturated carbocycles. The van der Waals surface area contributed by atoms with Gasteiger partial charge in [-0.25, -0.2) is 0 Å². The largest absolute Gasteiger partial charge is 0.454 e. The Hall–Kier alpha value is -2.61. The molecule has 0 fully saturated rings. The van der Waals surface area contributed by atoms with Crippen LogP contribution < -0.4 is 0 Å². The van der Waals surface area contributed by atoms with E-state index in [0.29, 0.717) is 27.1 Å². The lowest BCUT2D eigenvalue weighted by Crippen LogP contribution is -2.04. The van der Waals surface area contributed by atoms with Crippen LogP contribution >= 0.6 is 12.2 Å². The van der Waals surface area contributed by atoms with Crippen LogP contribution in [0.2, 0.25) is 0 Å². The normalized spacial score (nSPS) is 12.3. The Kier molecular flexibility index (Phi) is 2.86. The van der Waals surface area contributed by atoms with E-state index in [0.717, 1.165) is 17.6 Å². The molecule has 0 amide bonds. The number of hydrogen-bond donors (Lipinski definition) is 1. The smallest absolute Gasteiger partial charge is 0.416 e. The Balaban J connectivity index is 1.90. The molecule has 1 N–H and O–H groups in total. The molecule has 4 aromatic rings. The highest BCUT2D eigenvalue weighted by molar-refractivity contribution is 7.71. The first kappa shape index (κ1) is 14.0. The van der Waals surface area contributed by atoms with Gasteiger partial charge in [0, 0.05) is 17.7 Å². The fourth-order valence-electron chi connectivity index (χ4n) is 2.50. The number of nitrogens with zero attached hydrogens (tertiary/aromatic N) is 2. The minimum absolute atomic E-state index is 0.356. The number of rotatable bonds is 1. The van der Waals surface area contributed by atoms with Gasteiger partial charge < -0.3 is 4.42 Å². The highest BCUT2D eigenvalue weighted by Gasteiger charge is 2.30. The van der Waals surface area contributed by atoms with Crippen LogP contribution in [-0.2, 0) is 6.18 Å². The van der Waals surface area contributed by atoms with Crippen molar-refractivity contribution >= 4 is 28.8 Å². The highest BCUT2D eigenvalue weighted by atomic mass is 32.1. The predicted octanol–water partition coefficient (Wildman–Crippen LogP) is 4.82. The van der Waals surface area contributed by atoms with Gasteiger partial charge in [0.1, 0.15) is 16.7 Å². The summed E-state index contributed by atoms with van der Waals surface area (Å²) in [6, 6.07) is 8.43. The molecule has 3 heterocycles. The average molecular weight is 335 g/mol. The fraction of sp³-hybridized carbons (Fsp3) is 0.0667. The Labute approximate surface area is 132 Å². The van der Waals surface area contributed by atoms with Crippen molar-refractivity contribution in [1.82, 2.24) is 14.6 Å². The van der Waals surface area contributed by atoms with Crippen molar-refractivity contribution in [2.24, 2.45) is 0 Å². The summed E-state index contributed by atoms with van der Waals surface area (Å²) in [6.07, 6.45) is -2.85. The number of H-pyrrole nitrogens is 1. The third-order valence-corrected chi connectivity index (χ3v) is 3.87. The van der Waals surface area contributed by atoms with E-state index in [1.165, 1.54) is 6.07 Å². The van der Waals surface area contributed by atoms with Gasteiger partial charge in [0.05, 0.1) is 16.6 Å². The molecule has 0 aliphatic carbocycles. The average Bonchev–Trinajstić information content (AvgIpc) is 3.06. The summed E-state index contributed by atoms with van der Waals surface area (Å²) in [4.78, 5) is 0. The molecule has 8 heteroatoms. The lowest BCUT2D eigenvalue weighted by Gasteiger charge is -2.07. The van der Waals surface area contributed by atoms with Crippen LogP contribution in [0.3, 0.4) is 0 Å². The third-order valence-electron chi connectivity index (χ3n) is 3.57. The van der Waals surface area contributed by atoms with Crippen molar-refractivity contribution < 1.29 is 17.6 Å². The number of aromatic nitrogens is 3. The summed E-state index contributed by atoms with van der Waals surface area (Å²) in [5, 5.41) is 6.58. The minimum atomic E-state index is -4.39. The molecule has 116 valence electrons. The number of nitrogens with one attached hydrogen (secondary N) is 1. The SMILES string of the molecule is FC(F)(F)c1cccc(-c2cc3c(cc4c(=S)[nH]ncn43)o2)c1. The van der Waals surface area contributed by atoms with Crippen molar-refractivity contribution in [1.29, 1.82) is 0 Å². The summed E-state index contributed by atoms with van der Waals surface area (Å²) in [6.45, 7) is 0. The zero-order valence-electron chi connectivity index (χ0n) is 11.4. The first-order chi connectivity index (χ1) is 10.9. The number of alkyl halides is 3. The molecule has 0 bridgehead atoms. The summed E-state index contributed by atoms with van der Waals surface area (Å²) in [7, 11) is 0. The quantitative estimate of drug-likeness (QED) is 0.507. The molecule has 4 rings (SSSR count). The van der Waals surface area contributed by atoms with Crippen LogP contribution in [-0.4, -0.2) is 14.6 Å². The van der Waals surface area contributed by atoms with Crippen molar-refractivity contribution in [2.45, 2.75) is 6.18 Å². The topological polar surface area (TPSA) is 46.2 Å². The number of furan rings is 1. The van der Waals surface area contributed by atoms with Gasteiger partial charge in [-0.05, 0) is 12.1 Å². The van der Waals surface area contributed by atoms with Crippen molar-refractivity contribution in [3.63, 3.8) is 0 Å². The summed E-state index contributed by atoms with van der Waals surface area (Å²) in [5.41, 5.74) is 1.59. The second-order valence-corrected chi connectivity index (χ2v) is 5.43. The maximum Gasteiger partial charge on any atom is 0.416 e. The molecule has 0 unspecified atom stereocenters. The Morgan fingerprint density at radius 3 is 2.74 bits per heavy atom. The molecule has 1 aromatic carbocycles. The van der Waals surface area contributed by atoms with E-state index in [-0.39, 0.29) is 0 Å². The third kappa shape index (κ3) is 2.22. The lowest BCUT2D eigenvalue weighted by atomic mass is 10.1. The number of aromatic amines is 1. The second kappa shape index (κ2) is 4.69. The number of halogens is 3. The van der Waals surface area contributed by atoms with Gasteiger partial charge in [-0.3, -0.25) is 9.50 Å². The molecule has 23 heavy (non-hydrogen) atoms. The van der Waals surface area contributed by atoms with E-state index >= 15 is 0 Å². The zero-order valence-corrected chi connectivity index (χ0v) is 12.2. The summed E-state index contributed by atoms with van der Waals surface area (Å²) in [5.74, 6) is 0.356. The van der Waals surface area contributed by atoms with Crippen molar-refractivity contribution in [3.8, 4) is 11.3 Å². The maximum absolute atomic E-state index is 12.8. The van der Waals surface area contributed by atoms with Gasteiger partial charge in [-0.1, -0.05) is 24.4 Å². The van der Waals surface area contributed by atoms with E-state index < -0.39 is 11.7 Å². The van der Waals surface area contributed by atoms with Gasteiger partial charge in [-0.2, -0.15) is 18.3 Å². The van der Waals surface area contributed by atoms with Gasteiger partial charge in [-0.15, -0.1) is 0 Å². The Morgan fingerprint density at radius 1 is 1.13 bits per heavy atom. The zero-order chi connectivity index (χ0) is 16.2. The van der Waals surface area contributed by atoms with Crippen molar-refractivity contribution in [3.05, 3.63) is 52.9 Å². The highest BCUT2D eigenvalue weighted by Crippen LogP contribution is 2.34. The van der Waals surface area contributed by atoms with Crippen molar-refractivity contribution in [2.75, 3.05) is 0 Å². The van der Waals surface area contributed by atoms with Crippen LogP contribution in [0.4, 0.5) is 13.2 Å². The summed E-state index contributed by atoms with van der Waals surface area (Å²) >= 11 is 5.14. The van der Waals surface area contributed by atoms with Crippen LogP contribution in [0.1, 0.15) is 5.56 Å². The first-order valence-corrected chi connectivity index (χ1v) is 7.00. The van der Waals surface area contributed by atoms with Crippen LogP contribution in [0.25, 0.3) is 27.9 Å². The maximum atomic E-state index is 12.8. The van der Waals surface area contributed by atoms with Gasteiger partial charge in [0.15, 0.2) is 5.58 Å². The number of benzene rings is 1. The number of hydrogen-bond acceptors (Lipinski definition) is 3. The standard InChI is InChI=1S/C15H8F3N3OS/c16-15(17,18)9-3-1-2-8(4-9)12-5-10-13(22-12)6-11-14(23)20-19-7-21(10)11/h1-7H,(H,20,23). The van der Waals surface area contributed by atoms with Crippen LogP contribution in [0.15, 0.2) is 47.1 Å². The first-order valence-electron chi connectivity index (χ1n) is 6.59. The van der Waals surface area contributed by atoms with E-state index in [1.807, 2.05) is 0 Å². The fourth-order valence-corrected chi connectivity index (χ4v) is 2.71. The second-order valence-electron chi connectivity index (χ2n) is 5.02. The van der Waals surface area contributed by atoms with E-state index in [9.17, 15) is 13.2 Å². The minimum Gasteiger partial charge on any atom is -0.454 e. The Bertz CT molecular complexity index is 1090. The van der Waals surface area contributed by atoms with E-state index in [4.69, 9.17) is 16.6 Å². The molecule has 0 saturated heterocycles. The lowest BCUT2D eigenvalue weighted by molar-refractivity contribution is -0.137. The monoisotopic (exact) mass is 335 g/mol. The van der Waals surface area contributed by atoms with E-state index in [2.05, 4.69) is 10.2 Å². The molecule has 3 aromatic heterocycles. The van der Waals surface area contributed by atoms with Crippen LogP contribution in [0, 0.1) is 4.64 Å².